The molecule has 1 saturated heterocycles. The first-order valence-electron chi connectivity index (χ1n) is 12.5. The lowest BCUT2D eigenvalue weighted by Crippen LogP contribution is -2.61. The molecule has 8 heteroatoms. The normalized spacial score (nSPS) is 34.6. The zero-order valence-electron chi connectivity index (χ0n) is 19.3. The molecule has 3 N–H and O–H groups in total. The summed E-state index contributed by atoms with van der Waals surface area (Å²) in [6.45, 7) is 3.61. The van der Waals surface area contributed by atoms with E-state index in [1.54, 1.807) is 11.8 Å². The molecule has 180 valence electrons. The van der Waals surface area contributed by atoms with Gasteiger partial charge in [-0.2, -0.15) is 0 Å². The van der Waals surface area contributed by atoms with Crippen LogP contribution in [0.1, 0.15) is 68.6 Å². The van der Waals surface area contributed by atoms with Crippen LogP contribution in [0.15, 0.2) is 17.2 Å². The van der Waals surface area contributed by atoms with Gasteiger partial charge in [0, 0.05) is 25.6 Å². The van der Waals surface area contributed by atoms with Crippen molar-refractivity contribution in [2.75, 3.05) is 23.7 Å². The Bertz CT molecular complexity index is 909. The third-order valence-electron chi connectivity index (χ3n) is 8.14. The molecule has 1 aliphatic heterocycles. The first-order valence-corrected chi connectivity index (χ1v) is 13.5. The molecule has 4 bridgehead atoms. The van der Waals surface area contributed by atoms with E-state index >= 15 is 0 Å². The van der Waals surface area contributed by atoms with Crippen molar-refractivity contribution in [1.82, 2.24) is 10.3 Å². The molecule has 0 spiro atoms. The van der Waals surface area contributed by atoms with Gasteiger partial charge in [0.05, 0.1) is 11.2 Å². The summed E-state index contributed by atoms with van der Waals surface area (Å²) in [5.41, 5.74) is 0.128. The number of aliphatic hydroxyl groups is 1. The number of anilines is 1. The smallest absolute Gasteiger partial charge is 0.303 e. The lowest BCUT2D eigenvalue weighted by molar-refractivity contribution is -0.138. The lowest BCUT2D eigenvalue weighted by atomic mass is 9.52. The number of aliphatic carboxylic acids is 1. The van der Waals surface area contributed by atoms with E-state index in [0.717, 1.165) is 68.1 Å². The molecule has 7 nitrogen and oxygen atoms in total. The van der Waals surface area contributed by atoms with Crippen molar-refractivity contribution in [2.24, 2.45) is 23.7 Å². The number of pyridine rings is 1. The van der Waals surface area contributed by atoms with Gasteiger partial charge in [0.2, 0.25) is 0 Å². The monoisotopic (exact) mass is 473 g/mol. The third-order valence-corrected chi connectivity index (χ3v) is 9.34. The number of nitrogens with one attached hydrogen (secondary N) is 1. The molecule has 0 aromatic carbocycles. The Kier molecular flexibility index (Phi) is 6.33. The second-order valence-corrected chi connectivity index (χ2v) is 11.8. The van der Waals surface area contributed by atoms with Crippen LogP contribution in [0.2, 0.25) is 0 Å². The van der Waals surface area contributed by atoms with Crippen LogP contribution in [0, 0.1) is 23.7 Å². The number of thioether (sulfide) groups is 1. The molecule has 5 fully saturated rings. The molecule has 3 atom stereocenters. The number of carbonyl (C=O) groups is 2. The number of carboxylic acids is 1. The van der Waals surface area contributed by atoms with Gasteiger partial charge in [0.1, 0.15) is 10.8 Å². The second kappa shape index (κ2) is 9.10. The van der Waals surface area contributed by atoms with Crippen molar-refractivity contribution >= 4 is 29.5 Å². The summed E-state index contributed by atoms with van der Waals surface area (Å²) >= 11 is 1.62. The molecule has 4 saturated carbocycles. The Morgan fingerprint density at radius 1 is 1.24 bits per heavy atom. The summed E-state index contributed by atoms with van der Waals surface area (Å²) in [7, 11) is 0. The highest BCUT2D eigenvalue weighted by molar-refractivity contribution is 7.99. The van der Waals surface area contributed by atoms with E-state index in [-0.39, 0.29) is 24.3 Å². The predicted octanol–water partition coefficient (Wildman–Crippen LogP) is 3.55. The van der Waals surface area contributed by atoms with Gasteiger partial charge >= 0.3 is 5.97 Å². The molecule has 33 heavy (non-hydrogen) atoms. The van der Waals surface area contributed by atoms with Crippen LogP contribution >= 0.6 is 11.8 Å². The van der Waals surface area contributed by atoms with E-state index in [2.05, 4.69) is 17.1 Å². The minimum absolute atomic E-state index is 0.0534. The number of carbonyl (C=O) groups excluding carboxylic acids is 1. The minimum Gasteiger partial charge on any atom is -0.481 e. The summed E-state index contributed by atoms with van der Waals surface area (Å²) in [4.78, 5) is 31.5. The van der Waals surface area contributed by atoms with Gasteiger partial charge in [-0.1, -0.05) is 6.92 Å². The largest absolute Gasteiger partial charge is 0.481 e. The quantitative estimate of drug-likeness (QED) is 0.496. The highest BCUT2D eigenvalue weighted by Gasteiger charge is 2.55. The second-order valence-electron chi connectivity index (χ2n) is 10.8. The number of carboxylic acid groups (broad SMARTS) is 1. The maximum atomic E-state index is 13.4. The van der Waals surface area contributed by atoms with Gasteiger partial charge < -0.3 is 20.4 Å². The maximum Gasteiger partial charge on any atom is 0.303 e. The lowest BCUT2D eigenvalue weighted by Gasteiger charge is -2.58. The summed E-state index contributed by atoms with van der Waals surface area (Å²) in [6, 6.07) is 3.95. The molecule has 2 unspecified atom stereocenters. The molecule has 6 rings (SSSR count). The molecule has 4 aliphatic carbocycles. The number of nitrogens with zero attached hydrogens (tertiary/aromatic N) is 2. The highest BCUT2D eigenvalue weighted by Crippen LogP contribution is 2.55. The van der Waals surface area contributed by atoms with Gasteiger partial charge in [-0.05, 0) is 86.5 Å². The van der Waals surface area contributed by atoms with Crippen LogP contribution in [-0.2, 0) is 4.79 Å². The molecular weight excluding hydrogens is 438 g/mol. The fraction of sp³-hybridized carbons (Fsp3) is 0.720. The van der Waals surface area contributed by atoms with Crippen molar-refractivity contribution in [1.29, 1.82) is 0 Å². The maximum absolute atomic E-state index is 13.4. The fourth-order valence-electron chi connectivity index (χ4n) is 6.99. The van der Waals surface area contributed by atoms with Crippen LogP contribution in [-0.4, -0.2) is 57.6 Å². The molecule has 1 amide bonds. The first kappa shape index (κ1) is 23.0. The molecule has 5 aliphatic rings. The number of rotatable bonds is 8. The van der Waals surface area contributed by atoms with Crippen molar-refractivity contribution in [3.8, 4) is 0 Å². The van der Waals surface area contributed by atoms with E-state index in [4.69, 9.17) is 10.1 Å². The average molecular weight is 474 g/mol. The molecule has 2 heterocycles. The van der Waals surface area contributed by atoms with Crippen LogP contribution in [0.3, 0.4) is 0 Å². The van der Waals surface area contributed by atoms with Crippen LogP contribution in [0.5, 0.6) is 0 Å². The Morgan fingerprint density at radius 2 is 2.00 bits per heavy atom. The van der Waals surface area contributed by atoms with E-state index in [1.807, 2.05) is 12.1 Å². The Labute approximate surface area is 199 Å². The predicted molar refractivity (Wildman–Crippen MR) is 128 cm³/mol. The van der Waals surface area contributed by atoms with Crippen molar-refractivity contribution < 1.29 is 19.8 Å². The summed E-state index contributed by atoms with van der Waals surface area (Å²) in [6.07, 6.45) is 6.83. The Morgan fingerprint density at radius 3 is 2.67 bits per heavy atom. The van der Waals surface area contributed by atoms with E-state index < -0.39 is 11.6 Å². The number of aromatic nitrogens is 1. The van der Waals surface area contributed by atoms with Gasteiger partial charge in [-0.15, -0.1) is 11.8 Å². The van der Waals surface area contributed by atoms with E-state index in [9.17, 15) is 14.7 Å². The average Bonchev–Trinajstić information content (AvgIpc) is 3.21. The number of amides is 1. The van der Waals surface area contributed by atoms with Crippen LogP contribution in [0.4, 0.5) is 5.82 Å². The number of hydrogen-bond acceptors (Lipinski definition) is 6. The summed E-state index contributed by atoms with van der Waals surface area (Å²) in [5, 5.41) is 24.1. The first-order chi connectivity index (χ1) is 15.8. The van der Waals surface area contributed by atoms with Gasteiger partial charge in [-0.25, -0.2) is 4.98 Å². The van der Waals surface area contributed by atoms with Crippen LogP contribution in [0.25, 0.3) is 0 Å². The molecular formula is C25H35N3O4S. The van der Waals surface area contributed by atoms with Crippen molar-refractivity contribution in [3.63, 3.8) is 0 Å². The van der Waals surface area contributed by atoms with Gasteiger partial charge in [0.25, 0.3) is 5.91 Å². The molecule has 1 aromatic heterocycles. The SMILES string of the molecule is CCCSc1nc(N2CC[C@H](CC(=O)O)C2)ccc1C(=O)NC1C2CC3CC1CC(O)(C3)C2. The zero-order chi connectivity index (χ0) is 23.2. The molecule has 0 radical (unpaired) electrons. The summed E-state index contributed by atoms with van der Waals surface area (Å²) < 4.78 is 0. The van der Waals surface area contributed by atoms with Crippen LogP contribution < -0.4 is 10.2 Å². The highest BCUT2D eigenvalue weighted by atomic mass is 32.2. The number of hydrogen-bond donors (Lipinski definition) is 3. The van der Waals surface area contributed by atoms with Crippen molar-refractivity contribution in [3.05, 3.63) is 17.7 Å². The van der Waals surface area contributed by atoms with E-state index in [1.165, 1.54) is 0 Å². The zero-order valence-corrected chi connectivity index (χ0v) is 20.1. The Balaban J connectivity index is 1.31. The Hall–Kier alpha value is -1.80. The van der Waals surface area contributed by atoms with Gasteiger partial charge in [-0.3, -0.25) is 9.59 Å². The minimum atomic E-state index is -0.752. The van der Waals surface area contributed by atoms with E-state index in [0.29, 0.717) is 29.9 Å². The van der Waals surface area contributed by atoms with Gasteiger partial charge in [0.15, 0.2) is 0 Å². The standard InChI is InChI=1S/C25H35N3O4S/c1-2-7-33-24-19(3-4-20(26-24)28-6-5-15(14-28)10-21(29)30)23(31)27-22-17-8-16-9-18(22)13-25(32,11-16)12-17/h3-4,15-18,22,32H,2,5-14H2,1H3,(H,27,31)(H,29,30)/t15-,16?,17?,18?,22?,25?/m1/s1. The topological polar surface area (TPSA) is 103 Å². The summed E-state index contributed by atoms with van der Waals surface area (Å²) in [5.74, 6) is 2.42. The molecule has 1 aromatic rings. The third kappa shape index (κ3) is 4.74. The van der Waals surface area contributed by atoms with Crippen molar-refractivity contribution in [2.45, 2.75) is 75.0 Å². The fourth-order valence-corrected chi connectivity index (χ4v) is 7.86.